The van der Waals surface area contributed by atoms with Gasteiger partial charge in [-0.2, -0.15) is 0 Å². The maximum atomic E-state index is 12.2. The summed E-state index contributed by atoms with van der Waals surface area (Å²) >= 11 is 0. The third kappa shape index (κ3) is 0.562. The third-order valence-electron chi connectivity index (χ3n) is 2.04. The molecule has 1 unspecified atom stereocenters. The van der Waals surface area contributed by atoms with E-state index in [2.05, 4.69) is 5.32 Å². The molecule has 1 heterocycles. The van der Waals surface area contributed by atoms with Crippen LogP contribution in [0.1, 0.15) is 6.42 Å². The summed E-state index contributed by atoms with van der Waals surface area (Å²) < 4.78 is 12.2. The summed E-state index contributed by atoms with van der Waals surface area (Å²) in [5.74, 6) is 0. The molecule has 8 heavy (non-hydrogen) atoms. The van der Waals surface area contributed by atoms with Gasteiger partial charge in [-0.25, -0.2) is 4.39 Å². The van der Waals surface area contributed by atoms with E-state index in [-0.39, 0.29) is 17.8 Å². The molecule has 1 atom stereocenters. The van der Waals surface area contributed by atoms with Crippen LogP contribution in [0.4, 0.5) is 4.39 Å². The zero-order valence-electron chi connectivity index (χ0n) is 4.48. The van der Waals surface area contributed by atoms with Crippen LogP contribution in [0.15, 0.2) is 0 Å². The summed E-state index contributed by atoms with van der Waals surface area (Å²) in [6.07, 6.45) is 0.355. The predicted octanol–water partition coefficient (Wildman–Crippen LogP) is 0.740. The smallest absolute Gasteiger partial charge is 0.109 e. The molecule has 1 N–H and O–H groups in total. The van der Waals surface area contributed by atoms with Gasteiger partial charge in [-0.05, 0) is 6.42 Å². The number of rotatable bonds is 0. The number of halogens is 2. The van der Waals surface area contributed by atoms with Crippen molar-refractivity contribution < 1.29 is 4.39 Å². The van der Waals surface area contributed by atoms with Crippen molar-refractivity contribution in [1.82, 2.24) is 5.32 Å². The van der Waals surface area contributed by atoms with Gasteiger partial charge in [0.25, 0.3) is 0 Å². The molecule has 0 bridgehead atoms. The lowest BCUT2D eigenvalue weighted by Gasteiger charge is -2.26. The Morgan fingerprint density at radius 1 is 1.50 bits per heavy atom. The van der Waals surface area contributed by atoms with Crippen molar-refractivity contribution in [3.63, 3.8) is 0 Å². The van der Waals surface area contributed by atoms with Gasteiger partial charge >= 0.3 is 0 Å². The van der Waals surface area contributed by atoms with Crippen LogP contribution in [0, 0.1) is 5.41 Å². The molecule has 0 aromatic heterocycles. The second-order valence-electron chi connectivity index (χ2n) is 2.64. The van der Waals surface area contributed by atoms with Crippen LogP contribution >= 0.6 is 12.4 Å². The number of hydrogen-bond acceptors (Lipinski definition) is 1. The Morgan fingerprint density at radius 3 is 2.00 bits per heavy atom. The van der Waals surface area contributed by atoms with Gasteiger partial charge in [-0.15, -0.1) is 12.4 Å². The Hall–Kier alpha value is 0.180. The molecule has 0 radical (unpaired) electrons. The molecular formula is C5H9ClFN. The van der Waals surface area contributed by atoms with Gasteiger partial charge in [-0.3, -0.25) is 0 Å². The minimum atomic E-state index is -0.464. The average Bonchev–Trinajstić information content (AvgIpc) is 2.10. The summed E-state index contributed by atoms with van der Waals surface area (Å²) in [6, 6.07) is 0. The third-order valence-corrected chi connectivity index (χ3v) is 2.04. The first-order valence-corrected chi connectivity index (χ1v) is 2.68. The molecule has 1 nitrogen and oxygen atoms in total. The van der Waals surface area contributed by atoms with Crippen LogP contribution in [0.3, 0.4) is 0 Å². The highest BCUT2D eigenvalue weighted by atomic mass is 35.5. The fourth-order valence-corrected chi connectivity index (χ4v) is 1.11. The Morgan fingerprint density at radius 2 is 2.00 bits per heavy atom. The summed E-state index contributed by atoms with van der Waals surface area (Å²) in [4.78, 5) is 0. The van der Waals surface area contributed by atoms with Crippen molar-refractivity contribution in [2.75, 3.05) is 13.1 Å². The zero-order chi connectivity index (χ0) is 4.91. The molecule has 1 aliphatic carbocycles. The molecule has 1 spiro atoms. The Balaban J connectivity index is 0.000000320. The Bertz CT molecular complexity index is 97.1. The van der Waals surface area contributed by atoms with E-state index < -0.39 is 6.17 Å². The van der Waals surface area contributed by atoms with Crippen molar-refractivity contribution in [2.45, 2.75) is 12.6 Å². The van der Waals surface area contributed by atoms with Crippen LogP contribution in [-0.4, -0.2) is 19.3 Å². The zero-order valence-corrected chi connectivity index (χ0v) is 5.30. The second kappa shape index (κ2) is 1.58. The predicted molar refractivity (Wildman–Crippen MR) is 32.1 cm³/mol. The van der Waals surface area contributed by atoms with Crippen LogP contribution in [0.5, 0.6) is 0 Å². The highest BCUT2D eigenvalue weighted by Crippen LogP contribution is 2.51. The van der Waals surface area contributed by atoms with Crippen molar-refractivity contribution in [1.29, 1.82) is 0 Å². The van der Waals surface area contributed by atoms with Gasteiger partial charge in [0, 0.05) is 18.5 Å². The fraction of sp³-hybridized carbons (Fsp3) is 1.00. The summed E-state index contributed by atoms with van der Waals surface area (Å²) in [5, 5.41) is 3.05. The van der Waals surface area contributed by atoms with Crippen LogP contribution in [0.2, 0.25) is 0 Å². The molecule has 2 rings (SSSR count). The van der Waals surface area contributed by atoms with Gasteiger partial charge < -0.3 is 5.32 Å². The monoisotopic (exact) mass is 137 g/mol. The van der Waals surface area contributed by atoms with E-state index in [1.165, 1.54) is 0 Å². The average molecular weight is 138 g/mol. The van der Waals surface area contributed by atoms with E-state index in [1.807, 2.05) is 0 Å². The highest BCUT2D eigenvalue weighted by Gasteiger charge is 2.58. The Labute approximate surface area is 54.1 Å². The summed E-state index contributed by atoms with van der Waals surface area (Å²) in [7, 11) is 0. The second-order valence-corrected chi connectivity index (χ2v) is 2.64. The normalized spacial score (nSPS) is 37.9. The van der Waals surface area contributed by atoms with Gasteiger partial charge in [0.2, 0.25) is 0 Å². The van der Waals surface area contributed by atoms with Gasteiger partial charge in [0.1, 0.15) is 6.17 Å². The van der Waals surface area contributed by atoms with Gasteiger partial charge in [0.15, 0.2) is 0 Å². The summed E-state index contributed by atoms with van der Waals surface area (Å²) in [6.45, 7) is 1.85. The molecule has 0 aromatic carbocycles. The molecule has 3 heteroatoms. The van der Waals surface area contributed by atoms with Crippen LogP contribution in [-0.2, 0) is 0 Å². The maximum Gasteiger partial charge on any atom is 0.109 e. The fourth-order valence-electron chi connectivity index (χ4n) is 1.11. The minimum absolute atomic E-state index is 0. The molecule has 1 saturated carbocycles. The van der Waals surface area contributed by atoms with E-state index in [0.717, 1.165) is 19.5 Å². The minimum Gasteiger partial charge on any atom is -0.315 e. The van der Waals surface area contributed by atoms with E-state index in [0.29, 0.717) is 0 Å². The van der Waals surface area contributed by atoms with E-state index in [9.17, 15) is 4.39 Å². The van der Waals surface area contributed by atoms with Crippen LogP contribution < -0.4 is 5.32 Å². The lowest BCUT2D eigenvalue weighted by molar-refractivity contribution is 0.256. The van der Waals surface area contributed by atoms with Crippen LogP contribution in [0.25, 0.3) is 0 Å². The Kier molecular flexibility index (Phi) is 1.24. The van der Waals surface area contributed by atoms with Gasteiger partial charge in [0.05, 0.1) is 0 Å². The topological polar surface area (TPSA) is 12.0 Å². The van der Waals surface area contributed by atoms with Crippen molar-refractivity contribution >= 4 is 12.4 Å². The van der Waals surface area contributed by atoms with Crippen molar-refractivity contribution in [3.05, 3.63) is 0 Å². The lowest BCUT2D eigenvalue weighted by Crippen LogP contribution is -2.45. The number of hydrogen-bond donors (Lipinski definition) is 1. The number of alkyl halides is 1. The van der Waals surface area contributed by atoms with Crippen molar-refractivity contribution in [3.8, 4) is 0 Å². The van der Waals surface area contributed by atoms with Gasteiger partial charge in [-0.1, -0.05) is 0 Å². The SMILES string of the molecule is Cl.FC1CC12CNC2. The molecule has 2 aliphatic rings. The standard InChI is InChI=1S/C5H8FN.ClH/c6-4-1-5(4)2-7-3-5;/h4,7H,1-3H2;1H. The molecule has 2 fully saturated rings. The molecule has 48 valence electrons. The molecule has 0 amide bonds. The maximum absolute atomic E-state index is 12.2. The highest BCUT2D eigenvalue weighted by molar-refractivity contribution is 5.85. The van der Waals surface area contributed by atoms with E-state index in [1.54, 1.807) is 0 Å². The molecule has 1 aliphatic heterocycles. The quantitative estimate of drug-likeness (QED) is 0.520. The first kappa shape index (κ1) is 6.30. The lowest BCUT2D eigenvalue weighted by atomic mass is 10.0. The first-order valence-electron chi connectivity index (χ1n) is 2.68. The first-order chi connectivity index (χ1) is 3.33. The number of nitrogens with one attached hydrogen (secondary N) is 1. The van der Waals surface area contributed by atoms with E-state index in [4.69, 9.17) is 0 Å². The van der Waals surface area contributed by atoms with E-state index >= 15 is 0 Å². The van der Waals surface area contributed by atoms with Crippen molar-refractivity contribution in [2.24, 2.45) is 5.41 Å². The molecular weight excluding hydrogens is 129 g/mol. The molecule has 1 saturated heterocycles. The largest absolute Gasteiger partial charge is 0.315 e. The summed E-state index contributed by atoms with van der Waals surface area (Å²) in [5.41, 5.74) is 0.153. The molecule has 0 aromatic rings.